The fourth-order valence-electron chi connectivity index (χ4n) is 1.02. The Balaban J connectivity index is 3.09. The van der Waals surface area contributed by atoms with Crippen LogP contribution in [0.2, 0.25) is 0 Å². The zero-order valence-corrected chi connectivity index (χ0v) is 10.9. The van der Waals surface area contributed by atoms with Crippen LogP contribution in [0.4, 0.5) is 0 Å². The van der Waals surface area contributed by atoms with Gasteiger partial charge in [-0.2, -0.15) is 0 Å². The van der Waals surface area contributed by atoms with Gasteiger partial charge in [0.2, 0.25) is 0 Å². The molecule has 0 amide bonds. The first-order chi connectivity index (χ1) is 6.96. The minimum absolute atomic E-state index is 0.181. The molecule has 0 spiro atoms. The minimum Gasteiger partial charge on any atom is -0.462 e. The Morgan fingerprint density at radius 2 is 1.93 bits per heavy atom. The lowest BCUT2D eigenvalue weighted by molar-refractivity contribution is -0.137. The molecule has 1 heterocycles. The Morgan fingerprint density at radius 1 is 1.40 bits per heavy atom. The molecular formula is C8H12O4S3. The van der Waals surface area contributed by atoms with E-state index in [2.05, 4.69) is 0 Å². The lowest BCUT2D eigenvalue weighted by atomic mass is 10.6. The van der Waals surface area contributed by atoms with Gasteiger partial charge in [-0.05, 0) is 6.92 Å². The fraction of sp³-hybridized carbons (Fsp3) is 0.625. The second-order valence-corrected chi connectivity index (χ2v) is 7.23. The Kier molecular flexibility index (Phi) is 4.54. The zero-order valence-electron chi connectivity index (χ0n) is 8.48. The van der Waals surface area contributed by atoms with Crippen molar-refractivity contribution < 1.29 is 17.9 Å². The molecule has 0 unspecified atom stereocenters. The SMILES string of the molecule is CCOC(=O)C(=C1SCCS1)S(C)(=O)=O. The van der Waals surface area contributed by atoms with E-state index in [0.717, 1.165) is 17.8 Å². The van der Waals surface area contributed by atoms with E-state index in [1.807, 2.05) is 0 Å². The first-order valence-corrected chi connectivity index (χ1v) is 8.20. The van der Waals surface area contributed by atoms with E-state index >= 15 is 0 Å². The molecule has 1 aliphatic heterocycles. The van der Waals surface area contributed by atoms with Crippen LogP contribution >= 0.6 is 23.5 Å². The monoisotopic (exact) mass is 268 g/mol. The van der Waals surface area contributed by atoms with Crippen molar-refractivity contribution in [1.29, 1.82) is 0 Å². The van der Waals surface area contributed by atoms with Gasteiger partial charge in [-0.15, -0.1) is 23.5 Å². The van der Waals surface area contributed by atoms with E-state index in [-0.39, 0.29) is 11.5 Å². The third-order valence-corrected chi connectivity index (χ3v) is 5.65. The van der Waals surface area contributed by atoms with Gasteiger partial charge in [0.15, 0.2) is 14.7 Å². The third-order valence-electron chi connectivity index (χ3n) is 1.57. The maximum atomic E-state index is 11.5. The maximum Gasteiger partial charge on any atom is 0.351 e. The molecule has 1 saturated heterocycles. The van der Waals surface area contributed by atoms with E-state index in [4.69, 9.17) is 4.74 Å². The van der Waals surface area contributed by atoms with Crippen molar-refractivity contribution >= 4 is 39.3 Å². The van der Waals surface area contributed by atoms with Crippen molar-refractivity contribution in [2.75, 3.05) is 24.4 Å². The molecule has 86 valence electrons. The Bertz CT molecular complexity index is 375. The summed E-state index contributed by atoms with van der Waals surface area (Å²) in [4.78, 5) is 11.3. The molecule has 0 atom stereocenters. The number of rotatable bonds is 3. The first-order valence-electron chi connectivity index (χ1n) is 4.34. The second kappa shape index (κ2) is 5.27. The molecule has 7 heteroatoms. The number of ether oxygens (including phenoxy) is 1. The van der Waals surface area contributed by atoms with Crippen molar-refractivity contribution in [3.8, 4) is 0 Å². The van der Waals surface area contributed by atoms with Crippen LogP contribution in [0.3, 0.4) is 0 Å². The summed E-state index contributed by atoms with van der Waals surface area (Å²) < 4.78 is 28.2. The van der Waals surface area contributed by atoms with E-state index in [1.54, 1.807) is 6.92 Å². The van der Waals surface area contributed by atoms with E-state index < -0.39 is 15.8 Å². The Hall–Kier alpha value is -0.140. The highest BCUT2D eigenvalue weighted by Crippen LogP contribution is 2.40. The smallest absolute Gasteiger partial charge is 0.351 e. The van der Waals surface area contributed by atoms with Crippen LogP contribution < -0.4 is 0 Å². The van der Waals surface area contributed by atoms with Crippen LogP contribution in [0.15, 0.2) is 9.14 Å². The first kappa shape index (κ1) is 12.9. The van der Waals surface area contributed by atoms with Crippen LogP contribution in [0.1, 0.15) is 6.92 Å². The van der Waals surface area contributed by atoms with Crippen LogP contribution in [0, 0.1) is 0 Å². The molecule has 0 saturated carbocycles. The molecule has 1 aliphatic rings. The Labute approximate surface area is 97.7 Å². The van der Waals surface area contributed by atoms with Gasteiger partial charge in [-0.25, -0.2) is 13.2 Å². The molecule has 1 rings (SSSR count). The number of carbonyl (C=O) groups excluding carboxylic acids is 1. The van der Waals surface area contributed by atoms with Gasteiger partial charge in [0.25, 0.3) is 0 Å². The molecule has 0 bridgehead atoms. The number of hydrogen-bond donors (Lipinski definition) is 0. The summed E-state index contributed by atoms with van der Waals surface area (Å²) in [5, 5.41) is 0. The maximum absolute atomic E-state index is 11.5. The average molecular weight is 268 g/mol. The highest BCUT2D eigenvalue weighted by atomic mass is 32.2. The highest BCUT2D eigenvalue weighted by Gasteiger charge is 2.29. The lowest BCUT2D eigenvalue weighted by Crippen LogP contribution is -2.16. The summed E-state index contributed by atoms with van der Waals surface area (Å²) in [6.45, 7) is 1.83. The van der Waals surface area contributed by atoms with E-state index in [9.17, 15) is 13.2 Å². The standard InChI is InChI=1S/C8H12O4S3/c1-3-12-7(9)6(15(2,10)11)8-13-4-5-14-8/h3-5H2,1-2H3. The molecule has 0 N–H and O–H groups in total. The van der Waals surface area contributed by atoms with Crippen LogP contribution in [0.5, 0.6) is 0 Å². The lowest BCUT2D eigenvalue weighted by Gasteiger charge is -2.06. The minimum atomic E-state index is -3.51. The van der Waals surface area contributed by atoms with Crippen molar-refractivity contribution in [3.05, 3.63) is 9.14 Å². The molecule has 15 heavy (non-hydrogen) atoms. The summed E-state index contributed by atoms with van der Waals surface area (Å²) >= 11 is 2.79. The van der Waals surface area contributed by atoms with Crippen molar-refractivity contribution in [3.63, 3.8) is 0 Å². The molecule has 0 aliphatic carbocycles. The second-order valence-electron chi connectivity index (χ2n) is 2.81. The van der Waals surface area contributed by atoms with Gasteiger partial charge in [0.05, 0.1) is 10.8 Å². The highest BCUT2D eigenvalue weighted by molar-refractivity contribution is 8.26. The summed E-state index contributed by atoms with van der Waals surface area (Å²) in [6, 6.07) is 0. The number of sulfone groups is 1. The third kappa shape index (κ3) is 3.42. The van der Waals surface area contributed by atoms with E-state index in [0.29, 0.717) is 4.24 Å². The predicted molar refractivity (Wildman–Crippen MR) is 63.4 cm³/mol. The quantitative estimate of drug-likeness (QED) is 0.567. The molecule has 0 aromatic rings. The van der Waals surface area contributed by atoms with Crippen molar-refractivity contribution in [2.24, 2.45) is 0 Å². The summed E-state index contributed by atoms with van der Waals surface area (Å²) in [7, 11) is -3.51. The number of hydrogen-bond acceptors (Lipinski definition) is 6. The van der Waals surface area contributed by atoms with Crippen LogP contribution in [0.25, 0.3) is 0 Å². The van der Waals surface area contributed by atoms with Crippen LogP contribution in [-0.4, -0.2) is 38.8 Å². The Morgan fingerprint density at radius 3 is 2.33 bits per heavy atom. The fourth-order valence-corrected chi connectivity index (χ4v) is 5.25. The van der Waals surface area contributed by atoms with Gasteiger partial charge in [0.1, 0.15) is 0 Å². The van der Waals surface area contributed by atoms with Crippen molar-refractivity contribution in [1.82, 2.24) is 0 Å². The average Bonchev–Trinajstić information content (AvgIpc) is 2.55. The van der Waals surface area contributed by atoms with Crippen molar-refractivity contribution in [2.45, 2.75) is 6.92 Å². The van der Waals surface area contributed by atoms with Gasteiger partial charge < -0.3 is 4.74 Å². The summed E-state index contributed by atoms with van der Waals surface area (Å²) in [5.41, 5.74) is 0. The van der Waals surface area contributed by atoms with E-state index in [1.165, 1.54) is 23.5 Å². The molecule has 0 radical (unpaired) electrons. The number of carbonyl (C=O) groups is 1. The van der Waals surface area contributed by atoms with Gasteiger partial charge in [0, 0.05) is 17.8 Å². The van der Waals surface area contributed by atoms with Gasteiger partial charge in [-0.1, -0.05) is 0 Å². The zero-order chi connectivity index (χ0) is 11.5. The predicted octanol–water partition coefficient (Wildman–Crippen LogP) is 1.24. The topological polar surface area (TPSA) is 60.4 Å². The van der Waals surface area contributed by atoms with Gasteiger partial charge in [-0.3, -0.25) is 0 Å². The molecular weight excluding hydrogens is 256 g/mol. The van der Waals surface area contributed by atoms with Gasteiger partial charge >= 0.3 is 5.97 Å². The normalized spacial score (nSPS) is 16.5. The molecule has 0 aromatic carbocycles. The number of thioether (sulfide) groups is 2. The molecule has 1 fully saturated rings. The summed E-state index contributed by atoms with van der Waals surface area (Å²) in [6.07, 6.45) is 1.03. The largest absolute Gasteiger partial charge is 0.462 e. The number of esters is 1. The summed E-state index contributed by atoms with van der Waals surface area (Å²) in [5.74, 6) is 0.925. The van der Waals surface area contributed by atoms with Crippen LogP contribution in [-0.2, 0) is 19.4 Å². The molecule has 0 aromatic heterocycles. The molecule has 4 nitrogen and oxygen atoms in total.